The second-order valence-electron chi connectivity index (χ2n) is 17.2. The number of benzene rings is 9. The van der Waals surface area contributed by atoms with E-state index in [1.54, 1.807) is 0 Å². The highest BCUT2D eigenvalue weighted by Gasteiger charge is 2.46. The van der Waals surface area contributed by atoms with Crippen LogP contribution < -0.4 is 0 Å². The van der Waals surface area contributed by atoms with E-state index in [1.807, 2.05) is 6.07 Å². The van der Waals surface area contributed by atoms with Crippen molar-refractivity contribution in [3.8, 4) is 67.3 Å². The van der Waals surface area contributed by atoms with Gasteiger partial charge in [0.1, 0.15) is 0 Å². The summed E-state index contributed by atoms with van der Waals surface area (Å²) in [7, 11) is 0. The average Bonchev–Trinajstić information content (AvgIpc) is 3.77. The Kier molecular flexibility index (Phi) is 8.14. The molecule has 2 aliphatic carbocycles. The van der Waals surface area contributed by atoms with Gasteiger partial charge < -0.3 is 0 Å². The maximum Gasteiger partial charge on any atom is 0.160 e. The summed E-state index contributed by atoms with van der Waals surface area (Å²) in [5.41, 5.74) is 19.7. The molecule has 0 saturated carbocycles. The van der Waals surface area contributed by atoms with Crippen LogP contribution in [0, 0.1) is 0 Å². The second-order valence-corrected chi connectivity index (χ2v) is 17.2. The fraction of sp³-hybridized carbons (Fsp3) is 0.0667. The van der Waals surface area contributed by atoms with Gasteiger partial charge in [0, 0.05) is 22.1 Å². The molecule has 2 heteroatoms. The first-order chi connectivity index (χ1) is 30.5. The minimum Gasteiger partial charge on any atom is -0.228 e. The average molecular weight is 791 g/mol. The molecule has 2 nitrogen and oxygen atoms in total. The molecule has 0 aliphatic heterocycles. The smallest absolute Gasteiger partial charge is 0.160 e. The summed E-state index contributed by atoms with van der Waals surface area (Å²) in [6, 6.07) is 79.6. The van der Waals surface area contributed by atoms with Crippen LogP contribution in [0.4, 0.5) is 0 Å². The number of fused-ring (bicyclic) bond motifs is 7. The first kappa shape index (κ1) is 36.2. The van der Waals surface area contributed by atoms with Gasteiger partial charge in [0.05, 0.1) is 16.8 Å². The van der Waals surface area contributed by atoms with Gasteiger partial charge in [0.25, 0.3) is 0 Å². The molecule has 0 fully saturated rings. The first-order valence-corrected chi connectivity index (χ1v) is 21.6. The maximum atomic E-state index is 5.38. The number of aromatic nitrogens is 2. The van der Waals surface area contributed by atoms with E-state index in [9.17, 15) is 0 Å². The molecule has 292 valence electrons. The molecule has 0 amide bonds. The van der Waals surface area contributed by atoms with Crippen molar-refractivity contribution in [2.75, 3.05) is 0 Å². The Labute approximate surface area is 362 Å². The van der Waals surface area contributed by atoms with Crippen molar-refractivity contribution in [1.82, 2.24) is 9.97 Å². The molecule has 1 aromatic heterocycles. The number of hydrogen-bond acceptors (Lipinski definition) is 2. The zero-order chi connectivity index (χ0) is 41.4. The van der Waals surface area contributed by atoms with Crippen molar-refractivity contribution in [2.24, 2.45) is 0 Å². The van der Waals surface area contributed by atoms with Crippen LogP contribution >= 0.6 is 0 Å². The predicted octanol–water partition coefficient (Wildman–Crippen LogP) is 15.0. The molecule has 12 rings (SSSR count). The molecule has 9 aromatic carbocycles. The second kappa shape index (κ2) is 13.9. The van der Waals surface area contributed by atoms with Gasteiger partial charge in [0.2, 0.25) is 0 Å². The van der Waals surface area contributed by atoms with Crippen LogP contribution in [-0.2, 0) is 10.8 Å². The summed E-state index contributed by atoms with van der Waals surface area (Å²) in [5.74, 6) is 0.702. The molecule has 0 bridgehead atoms. The molecule has 10 aromatic rings. The van der Waals surface area contributed by atoms with Crippen molar-refractivity contribution in [1.29, 1.82) is 0 Å². The van der Waals surface area contributed by atoms with E-state index in [0.717, 1.165) is 33.5 Å². The lowest BCUT2D eigenvalue weighted by molar-refractivity contribution is 0.662. The third-order valence-corrected chi connectivity index (χ3v) is 13.6. The highest BCUT2D eigenvalue weighted by atomic mass is 14.9. The SMILES string of the molecule is CC1(C)c2ccccc2-c2cccc(-c3ccc(-c4cc(-c5ccc6c(c5)C(c5ccccc5)(c5ccccc5)c5ccccc5-6)nc(-c5ccccc5)n4)c4ccccc34)c21. The summed E-state index contributed by atoms with van der Waals surface area (Å²) in [6.45, 7) is 4.74. The van der Waals surface area contributed by atoms with Crippen LogP contribution in [0.2, 0.25) is 0 Å². The molecule has 0 radical (unpaired) electrons. The Bertz CT molecular complexity index is 3330. The largest absolute Gasteiger partial charge is 0.228 e. The Morgan fingerprint density at radius 1 is 0.323 bits per heavy atom. The standard InChI is InChI=1S/C60H42N2/c1-59(2)52-31-16-14-28-47(52)51-30-18-29-50(57(51)59)45-35-36-49(44-26-13-12-25-43(44)45)56-38-55(61-58(62-56)39-19-6-3-7-20-39)40-33-34-48-46-27-15-17-32-53(46)60(54(48)37-40,41-21-8-4-9-22-41)42-23-10-5-11-24-42/h3-38H,1-2H3. The highest BCUT2D eigenvalue weighted by Crippen LogP contribution is 2.57. The van der Waals surface area contributed by atoms with E-state index in [2.05, 4.69) is 226 Å². The molecule has 0 unspecified atom stereocenters. The van der Waals surface area contributed by atoms with Crippen LogP contribution in [0.1, 0.15) is 47.2 Å². The minimum atomic E-state index is -0.512. The van der Waals surface area contributed by atoms with Crippen LogP contribution in [0.3, 0.4) is 0 Å². The number of rotatable bonds is 6. The van der Waals surface area contributed by atoms with Crippen LogP contribution in [0.15, 0.2) is 218 Å². The lowest BCUT2D eigenvalue weighted by Gasteiger charge is -2.34. The van der Waals surface area contributed by atoms with Gasteiger partial charge in [0.15, 0.2) is 5.82 Å². The van der Waals surface area contributed by atoms with E-state index in [4.69, 9.17) is 9.97 Å². The van der Waals surface area contributed by atoms with E-state index in [-0.39, 0.29) is 5.41 Å². The third-order valence-electron chi connectivity index (χ3n) is 13.6. The van der Waals surface area contributed by atoms with Crippen molar-refractivity contribution < 1.29 is 0 Å². The molecular formula is C60H42N2. The zero-order valence-corrected chi connectivity index (χ0v) is 34.7. The van der Waals surface area contributed by atoms with Gasteiger partial charge in [-0.1, -0.05) is 220 Å². The van der Waals surface area contributed by atoms with Gasteiger partial charge in [-0.25, -0.2) is 9.97 Å². The van der Waals surface area contributed by atoms with Crippen molar-refractivity contribution in [2.45, 2.75) is 24.7 Å². The topological polar surface area (TPSA) is 25.8 Å². The highest BCUT2D eigenvalue weighted by molar-refractivity contribution is 6.06. The predicted molar refractivity (Wildman–Crippen MR) is 256 cm³/mol. The van der Waals surface area contributed by atoms with Crippen LogP contribution in [0.25, 0.3) is 78.1 Å². The van der Waals surface area contributed by atoms with Gasteiger partial charge in [-0.2, -0.15) is 0 Å². The van der Waals surface area contributed by atoms with Crippen molar-refractivity contribution in [3.63, 3.8) is 0 Å². The fourth-order valence-electron chi connectivity index (χ4n) is 10.9. The quantitative estimate of drug-likeness (QED) is 0.168. The third kappa shape index (κ3) is 5.29. The molecule has 0 N–H and O–H groups in total. The summed E-state index contributed by atoms with van der Waals surface area (Å²) in [6.07, 6.45) is 0. The van der Waals surface area contributed by atoms with Gasteiger partial charge >= 0.3 is 0 Å². The Morgan fingerprint density at radius 2 is 0.806 bits per heavy atom. The summed E-state index contributed by atoms with van der Waals surface area (Å²) < 4.78 is 0. The van der Waals surface area contributed by atoms with Crippen LogP contribution in [-0.4, -0.2) is 9.97 Å². The maximum absolute atomic E-state index is 5.38. The van der Waals surface area contributed by atoms with Gasteiger partial charge in [-0.3, -0.25) is 0 Å². The Balaban J connectivity index is 1.07. The first-order valence-electron chi connectivity index (χ1n) is 21.6. The Morgan fingerprint density at radius 3 is 1.50 bits per heavy atom. The van der Waals surface area contributed by atoms with Gasteiger partial charge in [-0.15, -0.1) is 0 Å². The molecule has 0 saturated heterocycles. The lowest BCUT2D eigenvalue weighted by Crippen LogP contribution is -2.28. The molecule has 2 aliphatic rings. The zero-order valence-electron chi connectivity index (χ0n) is 34.7. The summed E-state index contributed by atoms with van der Waals surface area (Å²) in [4.78, 5) is 10.8. The molecule has 62 heavy (non-hydrogen) atoms. The summed E-state index contributed by atoms with van der Waals surface area (Å²) in [5, 5.41) is 2.37. The van der Waals surface area contributed by atoms with Crippen LogP contribution in [0.5, 0.6) is 0 Å². The monoisotopic (exact) mass is 790 g/mol. The number of nitrogens with zero attached hydrogens (tertiary/aromatic N) is 2. The molecule has 0 spiro atoms. The van der Waals surface area contributed by atoms with E-state index < -0.39 is 5.41 Å². The number of hydrogen-bond donors (Lipinski definition) is 0. The Hall–Kier alpha value is -7.68. The van der Waals surface area contributed by atoms with E-state index in [1.165, 1.54) is 72.1 Å². The van der Waals surface area contributed by atoms with Gasteiger partial charge in [-0.05, 0) is 89.7 Å². The van der Waals surface area contributed by atoms with E-state index in [0.29, 0.717) is 5.82 Å². The minimum absolute atomic E-state index is 0.135. The molecule has 0 atom stereocenters. The molecular weight excluding hydrogens is 749 g/mol. The summed E-state index contributed by atoms with van der Waals surface area (Å²) >= 11 is 0. The lowest BCUT2D eigenvalue weighted by atomic mass is 9.67. The van der Waals surface area contributed by atoms with E-state index >= 15 is 0 Å². The normalized spacial score (nSPS) is 13.9. The fourth-order valence-corrected chi connectivity index (χ4v) is 10.9. The van der Waals surface area contributed by atoms with Crippen molar-refractivity contribution >= 4 is 10.8 Å². The molecule has 1 heterocycles. The van der Waals surface area contributed by atoms with Crippen molar-refractivity contribution in [3.05, 3.63) is 252 Å².